The number of rotatable bonds is 12. The Hall–Kier alpha value is -6.95. The molecule has 0 saturated carbocycles. The van der Waals surface area contributed by atoms with Gasteiger partial charge in [0.25, 0.3) is 23.6 Å². The Bertz CT molecular complexity index is 2540. The normalized spacial score (nSPS) is 15.7. The summed E-state index contributed by atoms with van der Waals surface area (Å²) in [7, 11) is 0. The minimum absolute atomic E-state index is 0.00325. The van der Waals surface area contributed by atoms with Crippen molar-refractivity contribution in [2.75, 3.05) is 26.2 Å². The van der Waals surface area contributed by atoms with Gasteiger partial charge in [-0.1, -0.05) is 91.0 Å². The fourth-order valence-corrected chi connectivity index (χ4v) is 8.15. The molecule has 330 valence electrons. The minimum atomic E-state index is -2.84. The van der Waals surface area contributed by atoms with E-state index < -0.39 is 24.6 Å². The molecule has 0 unspecified atom stereocenters. The molecule has 1 amide bonds. The van der Waals surface area contributed by atoms with Crippen molar-refractivity contribution < 1.29 is 35.9 Å². The standard InChI is InChI=1S/C27H25F2N5O3.C19H19F2N5O/c28-23(29)25-33-32-24(37-25)20-16-30-22(31-17-20)15-27(21-9-5-2-6-10-21)11-13-34(14-12-27)26(35)36-18-19-7-3-1-4-8-19;20-16(21)18-26-25-17(27-18)13-11-23-15(24-12-13)10-19(6-8-22-9-7-19)14-4-2-1-3-5-14/h1-10,16-17,23H,11-15,18H2;1-5,11-12,16,22H,6-10H2. The van der Waals surface area contributed by atoms with Crippen molar-refractivity contribution in [2.45, 2.75) is 68.8 Å². The molecule has 0 spiro atoms. The van der Waals surface area contributed by atoms with Crippen LogP contribution in [0.4, 0.5) is 22.4 Å². The number of carbonyl (C=O) groups excluding carboxylic acids is 1. The molecular weight excluding hydrogens is 833 g/mol. The van der Waals surface area contributed by atoms with E-state index in [2.05, 4.69) is 82.0 Å². The fourth-order valence-electron chi connectivity index (χ4n) is 8.15. The number of piperidine rings is 2. The highest BCUT2D eigenvalue weighted by molar-refractivity contribution is 5.68. The Balaban J connectivity index is 0.000000184. The zero-order valence-electron chi connectivity index (χ0n) is 34.6. The lowest BCUT2D eigenvalue weighted by Gasteiger charge is -2.41. The summed E-state index contributed by atoms with van der Waals surface area (Å²) in [5.74, 6) is -0.194. The highest BCUT2D eigenvalue weighted by Crippen LogP contribution is 2.39. The SMILES string of the molecule is FC(F)c1nnc(-c2cnc(CC3(c4ccccc4)CCNCC3)nc2)o1.O=C(OCc1ccccc1)N1CCC(Cc2ncc(-c3nnc(C(F)F)o3)cn2)(c2ccccc2)CC1. The monoisotopic (exact) mass is 876 g/mol. The van der Waals surface area contributed by atoms with Gasteiger partial charge in [-0.05, 0) is 55.5 Å². The third kappa shape index (κ3) is 10.5. The number of ether oxygens (including phenoxy) is 1. The first kappa shape index (κ1) is 43.7. The molecule has 2 saturated heterocycles. The molecule has 0 bridgehead atoms. The first-order valence-corrected chi connectivity index (χ1v) is 20.8. The van der Waals surface area contributed by atoms with Gasteiger partial charge < -0.3 is 23.8 Å². The smallest absolute Gasteiger partial charge is 0.410 e. The lowest BCUT2D eigenvalue weighted by atomic mass is 9.70. The summed E-state index contributed by atoms with van der Waals surface area (Å²) in [5.41, 5.74) is 3.90. The van der Waals surface area contributed by atoms with Crippen molar-refractivity contribution in [1.82, 2.24) is 50.5 Å². The molecule has 4 aromatic heterocycles. The Kier molecular flexibility index (Phi) is 13.7. The van der Waals surface area contributed by atoms with Gasteiger partial charge >= 0.3 is 18.9 Å². The number of hydrogen-bond acceptors (Lipinski definition) is 13. The lowest BCUT2D eigenvalue weighted by Crippen LogP contribution is -2.46. The van der Waals surface area contributed by atoms with E-state index in [0.29, 0.717) is 61.5 Å². The average Bonchev–Trinajstić information content (AvgIpc) is 4.06. The number of carbonyl (C=O) groups is 1. The Morgan fingerprint density at radius 1 is 0.609 bits per heavy atom. The molecule has 0 aliphatic carbocycles. The van der Waals surface area contributed by atoms with Crippen LogP contribution in [-0.4, -0.2) is 77.5 Å². The van der Waals surface area contributed by atoms with Gasteiger partial charge in [0.05, 0.1) is 11.1 Å². The summed E-state index contributed by atoms with van der Waals surface area (Å²) >= 11 is 0. The zero-order chi connectivity index (χ0) is 44.4. The number of benzene rings is 3. The molecule has 3 aromatic carbocycles. The topological polar surface area (TPSA) is 171 Å². The van der Waals surface area contributed by atoms with Gasteiger partial charge in [-0.25, -0.2) is 24.7 Å². The molecule has 2 aliphatic rings. The van der Waals surface area contributed by atoms with Crippen LogP contribution >= 0.6 is 0 Å². The third-order valence-corrected chi connectivity index (χ3v) is 11.7. The molecule has 64 heavy (non-hydrogen) atoms. The van der Waals surface area contributed by atoms with Gasteiger partial charge in [0.15, 0.2) is 0 Å². The molecule has 2 aliphatic heterocycles. The summed E-state index contributed by atoms with van der Waals surface area (Å²) in [6, 6.07) is 30.2. The molecule has 2 fully saturated rings. The largest absolute Gasteiger partial charge is 0.445 e. The van der Waals surface area contributed by atoms with Crippen molar-refractivity contribution in [2.24, 2.45) is 0 Å². The van der Waals surface area contributed by atoms with E-state index >= 15 is 0 Å². The van der Waals surface area contributed by atoms with Crippen LogP contribution in [0, 0.1) is 0 Å². The highest BCUT2D eigenvalue weighted by Gasteiger charge is 2.39. The Morgan fingerprint density at radius 2 is 1.03 bits per heavy atom. The molecule has 9 rings (SSSR count). The molecule has 0 radical (unpaired) electrons. The van der Waals surface area contributed by atoms with Gasteiger partial charge in [0.1, 0.15) is 18.3 Å². The summed E-state index contributed by atoms with van der Waals surface area (Å²) < 4.78 is 66.2. The van der Waals surface area contributed by atoms with Crippen molar-refractivity contribution in [3.63, 3.8) is 0 Å². The second-order valence-corrected chi connectivity index (χ2v) is 15.7. The van der Waals surface area contributed by atoms with Crippen LogP contribution in [0.3, 0.4) is 0 Å². The predicted molar refractivity (Wildman–Crippen MR) is 224 cm³/mol. The van der Waals surface area contributed by atoms with E-state index in [-0.39, 0.29) is 35.3 Å². The fraction of sp³-hybridized carbons (Fsp3) is 0.326. The molecular formula is C46H44F4N10O4. The maximum absolute atomic E-state index is 12.8. The number of hydrogen-bond donors (Lipinski definition) is 1. The molecule has 7 aromatic rings. The quantitative estimate of drug-likeness (QED) is 0.116. The third-order valence-electron chi connectivity index (χ3n) is 11.7. The summed E-state index contributed by atoms with van der Waals surface area (Å²) in [5, 5.41) is 17.4. The van der Waals surface area contributed by atoms with Crippen LogP contribution in [0.25, 0.3) is 22.9 Å². The van der Waals surface area contributed by atoms with Gasteiger partial charge in [-0.15, -0.1) is 20.4 Å². The summed E-state index contributed by atoms with van der Waals surface area (Å²) in [6.45, 7) is 3.22. The Labute approximate surface area is 365 Å². The van der Waals surface area contributed by atoms with Crippen molar-refractivity contribution in [3.8, 4) is 22.9 Å². The van der Waals surface area contributed by atoms with Crippen molar-refractivity contribution >= 4 is 6.09 Å². The predicted octanol–water partition coefficient (Wildman–Crippen LogP) is 8.71. The van der Waals surface area contributed by atoms with Crippen LogP contribution in [0.1, 0.15) is 78.7 Å². The summed E-state index contributed by atoms with van der Waals surface area (Å²) in [4.78, 5) is 32.2. The number of halogens is 4. The highest BCUT2D eigenvalue weighted by atomic mass is 19.3. The van der Waals surface area contributed by atoms with Gasteiger partial charge in [0, 0.05) is 61.5 Å². The lowest BCUT2D eigenvalue weighted by molar-refractivity contribution is 0.0768. The van der Waals surface area contributed by atoms with Crippen LogP contribution in [0.15, 0.2) is 125 Å². The van der Waals surface area contributed by atoms with E-state index in [9.17, 15) is 22.4 Å². The van der Waals surface area contributed by atoms with Gasteiger partial charge in [-0.3, -0.25) is 0 Å². The molecule has 14 nitrogen and oxygen atoms in total. The van der Waals surface area contributed by atoms with Crippen LogP contribution in [0.5, 0.6) is 0 Å². The second-order valence-electron chi connectivity index (χ2n) is 15.7. The first-order chi connectivity index (χ1) is 31.2. The zero-order valence-corrected chi connectivity index (χ0v) is 34.6. The number of nitrogens with one attached hydrogen (secondary N) is 1. The number of alkyl halides is 4. The van der Waals surface area contributed by atoms with Crippen molar-refractivity contribution in [1.29, 1.82) is 0 Å². The van der Waals surface area contributed by atoms with Crippen LogP contribution in [-0.2, 0) is 35.0 Å². The van der Waals surface area contributed by atoms with E-state index in [1.54, 1.807) is 17.3 Å². The molecule has 18 heteroatoms. The maximum atomic E-state index is 12.8. The van der Waals surface area contributed by atoms with E-state index in [0.717, 1.165) is 37.1 Å². The van der Waals surface area contributed by atoms with Gasteiger partial charge in [0.2, 0.25) is 0 Å². The molecule has 0 atom stereocenters. The number of amides is 1. The maximum Gasteiger partial charge on any atom is 0.410 e. The summed E-state index contributed by atoms with van der Waals surface area (Å²) in [6.07, 6.45) is 4.83. The van der Waals surface area contributed by atoms with E-state index in [1.807, 2.05) is 54.6 Å². The number of nitrogens with zero attached hydrogens (tertiary/aromatic N) is 9. The molecule has 6 heterocycles. The van der Waals surface area contributed by atoms with Crippen molar-refractivity contribution in [3.05, 3.63) is 156 Å². The van der Waals surface area contributed by atoms with E-state index in [1.165, 1.54) is 18.0 Å². The number of aromatic nitrogens is 8. The van der Waals surface area contributed by atoms with Crippen LogP contribution in [0.2, 0.25) is 0 Å². The second kappa shape index (κ2) is 20.0. The van der Waals surface area contributed by atoms with Crippen LogP contribution < -0.4 is 5.32 Å². The van der Waals surface area contributed by atoms with E-state index in [4.69, 9.17) is 13.6 Å². The molecule has 1 N–H and O–H groups in total. The minimum Gasteiger partial charge on any atom is -0.445 e. The number of likely N-dealkylation sites (tertiary alicyclic amines) is 1. The average molecular weight is 877 g/mol. The first-order valence-electron chi connectivity index (χ1n) is 20.8. The van der Waals surface area contributed by atoms with Gasteiger partial charge in [-0.2, -0.15) is 17.6 Å². The Morgan fingerprint density at radius 3 is 1.45 bits per heavy atom.